The van der Waals surface area contributed by atoms with E-state index in [4.69, 9.17) is 16.3 Å². The second-order valence-corrected chi connectivity index (χ2v) is 4.11. The van der Waals surface area contributed by atoms with Gasteiger partial charge in [0.25, 0.3) is 0 Å². The lowest BCUT2D eigenvalue weighted by molar-refractivity contribution is 0.410. The summed E-state index contributed by atoms with van der Waals surface area (Å²) in [4.78, 5) is 0. The Labute approximate surface area is 106 Å². The molecule has 0 atom stereocenters. The van der Waals surface area contributed by atoms with Crippen LogP contribution in [0.1, 0.15) is 5.56 Å². The van der Waals surface area contributed by atoms with Crippen molar-refractivity contribution in [3.8, 4) is 5.75 Å². The Morgan fingerprint density at radius 3 is 2.59 bits per heavy atom. The number of ether oxygens (including phenoxy) is 1. The Bertz CT molecular complexity index is 485. The fourth-order valence-electron chi connectivity index (χ4n) is 1.64. The minimum atomic E-state index is 0.688. The van der Waals surface area contributed by atoms with Gasteiger partial charge in [-0.25, -0.2) is 0 Å². The van der Waals surface area contributed by atoms with Crippen molar-refractivity contribution in [3.63, 3.8) is 0 Å². The molecule has 0 bridgehead atoms. The molecule has 3 heteroatoms. The second-order valence-electron chi connectivity index (χ2n) is 3.68. The van der Waals surface area contributed by atoms with Crippen LogP contribution < -0.4 is 10.1 Å². The van der Waals surface area contributed by atoms with Crippen molar-refractivity contribution in [2.24, 2.45) is 0 Å². The van der Waals surface area contributed by atoms with Gasteiger partial charge in [-0.15, -0.1) is 0 Å². The van der Waals surface area contributed by atoms with Crippen molar-refractivity contribution in [1.29, 1.82) is 0 Å². The topological polar surface area (TPSA) is 21.3 Å². The summed E-state index contributed by atoms with van der Waals surface area (Å²) in [5.74, 6) is 0.845. The molecule has 0 aliphatic rings. The van der Waals surface area contributed by atoms with Crippen LogP contribution in [0.5, 0.6) is 5.75 Å². The smallest absolute Gasteiger partial charge is 0.123 e. The van der Waals surface area contributed by atoms with E-state index in [1.165, 1.54) is 0 Å². The van der Waals surface area contributed by atoms with Gasteiger partial charge < -0.3 is 10.1 Å². The average Bonchev–Trinajstić information content (AvgIpc) is 2.38. The summed E-state index contributed by atoms with van der Waals surface area (Å²) < 4.78 is 5.29. The Morgan fingerprint density at radius 2 is 1.88 bits per heavy atom. The molecule has 0 saturated carbocycles. The van der Waals surface area contributed by atoms with Crippen LogP contribution in [0.2, 0.25) is 5.02 Å². The predicted octanol–water partition coefficient (Wildman–Crippen LogP) is 3.96. The van der Waals surface area contributed by atoms with Crippen LogP contribution in [0.15, 0.2) is 48.5 Å². The number of para-hydroxylation sites is 1. The number of hydrogen-bond acceptors (Lipinski definition) is 2. The molecule has 0 fully saturated rings. The van der Waals surface area contributed by atoms with E-state index in [0.29, 0.717) is 6.54 Å². The molecular weight excluding hydrogens is 234 g/mol. The first kappa shape index (κ1) is 11.8. The van der Waals surface area contributed by atoms with Crippen molar-refractivity contribution >= 4 is 17.3 Å². The number of rotatable bonds is 4. The monoisotopic (exact) mass is 247 g/mol. The van der Waals surface area contributed by atoms with Gasteiger partial charge in [0.2, 0.25) is 0 Å². The fraction of sp³-hybridized carbons (Fsp3) is 0.143. The summed E-state index contributed by atoms with van der Waals surface area (Å²) in [7, 11) is 1.66. The first-order valence-corrected chi connectivity index (χ1v) is 5.79. The van der Waals surface area contributed by atoms with Gasteiger partial charge in [-0.1, -0.05) is 29.8 Å². The maximum absolute atomic E-state index is 5.97. The molecule has 0 saturated heterocycles. The summed E-state index contributed by atoms with van der Waals surface area (Å²) in [6, 6.07) is 15.7. The third-order valence-corrected chi connectivity index (χ3v) is 2.73. The Kier molecular flexibility index (Phi) is 3.89. The molecule has 0 aliphatic heterocycles. The average molecular weight is 248 g/mol. The SMILES string of the molecule is COc1ccc(Cl)cc1CNc1ccccc1. The lowest BCUT2D eigenvalue weighted by Gasteiger charge is -2.10. The minimum Gasteiger partial charge on any atom is -0.496 e. The minimum absolute atomic E-state index is 0.688. The maximum atomic E-state index is 5.97. The number of methoxy groups -OCH3 is 1. The third-order valence-electron chi connectivity index (χ3n) is 2.50. The number of halogens is 1. The van der Waals surface area contributed by atoms with E-state index < -0.39 is 0 Å². The molecule has 0 radical (unpaired) electrons. The molecule has 0 aromatic heterocycles. The van der Waals surface area contributed by atoms with Crippen LogP contribution in [0.3, 0.4) is 0 Å². The van der Waals surface area contributed by atoms with E-state index in [-0.39, 0.29) is 0 Å². The molecule has 88 valence electrons. The lowest BCUT2D eigenvalue weighted by atomic mass is 10.2. The highest BCUT2D eigenvalue weighted by Gasteiger charge is 2.03. The van der Waals surface area contributed by atoms with Gasteiger partial charge in [0.1, 0.15) is 5.75 Å². The van der Waals surface area contributed by atoms with Crippen molar-refractivity contribution in [2.75, 3.05) is 12.4 Å². The van der Waals surface area contributed by atoms with Crippen LogP contribution in [0.25, 0.3) is 0 Å². The van der Waals surface area contributed by atoms with Crippen LogP contribution in [-0.4, -0.2) is 7.11 Å². The lowest BCUT2D eigenvalue weighted by Crippen LogP contribution is -2.01. The molecule has 2 aromatic carbocycles. The summed E-state index contributed by atoms with van der Waals surface area (Å²) in [5.41, 5.74) is 2.12. The number of nitrogens with one attached hydrogen (secondary N) is 1. The van der Waals surface area contributed by atoms with Gasteiger partial charge in [0, 0.05) is 22.8 Å². The molecule has 2 aromatic rings. The van der Waals surface area contributed by atoms with Crippen molar-refractivity contribution in [2.45, 2.75) is 6.54 Å². The molecule has 0 unspecified atom stereocenters. The van der Waals surface area contributed by atoms with Gasteiger partial charge >= 0.3 is 0 Å². The quantitative estimate of drug-likeness (QED) is 0.883. The first-order chi connectivity index (χ1) is 8.29. The summed E-state index contributed by atoms with van der Waals surface area (Å²) >= 11 is 5.97. The molecule has 0 aliphatic carbocycles. The Morgan fingerprint density at radius 1 is 1.12 bits per heavy atom. The summed E-state index contributed by atoms with van der Waals surface area (Å²) in [5, 5.41) is 4.04. The van der Waals surface area contributed by atoms with Crippen LogP contribution >= 0.6 is 11.6 Å². The van der Waals surface area contributed by atoms with Gasteiger partial charge in [-0.05, 0) is 30.3 Å². The highest BCUT2D eigenvalue weighted by Crippen LogP contribution is 2.23. The first-order valence-electron chi connectivity index (χ1n) is 5.41. The Balaban J connectivity index is 2.11. The van der Waals surface area contributed by atoms with Gasteiger partial charge in [0.05, 0.1) is 7.11 Å². The molecule has 1 N–H and O–H groups in total. The number of hydrogen-bond donors (Lipinski definition) is 1. The normalized spacial score (nSPS) is 10.0. The standard InChI is InChI=1S/C14H14ClNO/c1-17-14-8-7-12(15)9-11(14)10-16-13-5-3-2-4-6-13/h2-9,16H,10H2,1H3. The molecule has 17 heavy (non-hydrogen) atoms. The fourth-order valence-corrected chi connectivity index (χ4v) is 1.83. The van der Waals surface area contributed by atoms with Crippen molar-refractivity contribution in [3.05, 3.63) is 59.1 Å². The summed E-state index contributed by atoms with van der Waals surface area (Å²) in [6.07, 6.45) is 0. The zero-order chi connectivity index (χ0) is 12.1. The van der Waals surface area contributed by atoms with E-state index in [2.05, 4.69) is 5.32 Å². The van der Waals surface area contributed by atoms with Crippen molar-refractivity contribution < 1.29 is 4.74 Å². The second kappa shape index (κ2) is 5.60. The molecule has 0 spiro atoms. The van der Waals surface area contributed by atoms with Crippen LogP contribution in [-0.2, 0) is 6.54 Å². The molecule has 0 heterocycles. The molecule has 0 amide bonds. The highest BCUT2D eigenvalue weighted by molar-refractivity contribution is 6.30. The summed E-state index contributed by atoms with van der Waals surface area (Å²) in [6.45, 7) is 0.688. The van der Waals surface area contributed by atoms with Gasteiger partial charge in [-0.2, -0.15) is 0 Å². The van der Waals surface area contributed by atoms with E-state index in [0.717, 1.165) is 22.0 Å². The zero-order valence-corrected chi connectivity index (χ0v) is 10.4. The van der Waals surface area contributed by atoms with E-state index in [1.54, 1.807) is 7.11 Å². The Hall–Kier alpha value is -1.67. The van der Waals surface area contributed by atoms with Gasteiger partial charge in [-0.3, -0.25) is 0 Å². The van der Waals surface area contributed by atoms with Crippen LogP contribution in [0, 0.1) is 0 Å². The number of anilines is 1. The van der Waals surface area contributed by atoms with E-state index in [9.17, 15) is 0 Å². The molecular formula is C14H14ClNO. The van der Waals surface area contributed by atoms with Crippen LogP contribution in [0.4, 0.5) is 5.69 Å². The van der Waals surface area contributed by atoms with Gasteiger partial charge in [0.15, 0.2) is 0 Å². The highest BCUT2D eigenvalue weighted by atomic mass is 35.5. The predicted molar refractivity (Wildman–Crippen MR) is 71.8 cm³/mol. The zero-order valence-electron chi connectivity index (χ0n) is 9.61. The van der Waals surface area contributed by atoms with E-state index >= 15 is 0 Å². The largest absolute Gasteiger partial charge is 0.496 e. The third kappa shape index (κ3) is 3.14. The van der Waals surface area contributed by atoms with E-state index in [1.807, 2.05) is 48.5 Å². The molecule has 2 rings (SSSR count). The van der Waals surface area contributed by atoms with Crippen molar-refractivity contribution in [1.82, 2.24) is 0 Å². The number of benzene rings is 2. The molecule has 2 nitrogen and oxygen atoms in total. The maximum Gasteiger partial charge on any atom is 0.123 e.